The number of aromatic nitrogens is 2. The van der Waals surface area contributed by atoms with Gasteiger partial charge in [-0.3, -0.25) is 4.79 Å². The van der Waals surface area contributed by atoms with E-state index in [1.807, 2.05) is 36.1 Å². The quantitative estimate of drug-likeness (QED) is 0.802. The summed E-state index contributed by atoms with van der Waals surface area (Å²) < 4.78 is 6.03. The molecular formula is C18H16N4O2. The fourth-order valence-corrected chi connectivity index (χ4v) is 3.39. The fourth-order valence-electron chi connectivity index (χ4n) is 3.39. The number of ketones is 1. The van der Waals surface area contributed by atoms with Crippen LogP contribution in [0.3, 0.4) is 0 Å². The van der Waals surface area contributed by atoms with Crippen molar-refractivity contribution in [3.05, 3.63) is 47.3 Å². The molecule has 2 aromatic rings. The molecule has 24 heavy (non-hydrogen) atoms. The van der Waals surface area contributed by atoms with Crippen LogP contribution in [-0.2, 0) is 0 Å². The van der Waals surface area contributed by atoms with Crippen molar-refractivity contribution < 1.29 is 9.53 Å². The molecule has 0 aliphatic carbocycles. The minimum Gasteiger partial charge on any atom is -0.478 e. The molecule has 6 heteroatoms. The van der Waals surface area contributed by atoms with Gasteiger partial charge in [-0.15, -0.1) is 0 Å². The van der Waals surface area contributed by atoms with Gasteiger partial charge in [0.2, 0.25) is 11.7 Å². The molecule has 2 aliphatic rings. The summed E-state index contributed by atoms with van der Waals surface area (Å²) in [4.78, 5) is 23.5. The first kappa shape index (κ1) is 14.6. The Morgan fingerprint density at radius 1 is 1.25 bits per heavy atom. The number of fused-ring (bicyclic) bond motifs is 1. The maximum atomic E-state index is 12.8. The first-order chi connectivity index (χ1) is 11.6. The summed E-state index contributed by atoms with van der Waals surface area (Å²) >= 11 is 0. The van der Waals surface area contributed by atoms with Crippen LogP contribution in [0, 0.1) is 18.3 Å². The molecule has 120 valence electrons. The van der Waals surface area contributed by atoms with Crippen molar-refractivity contribution in [2.24, 2.45) is 0 Å². The third kappa shape index (κ3) is 2.21. The second-order valence-electron chi connectivity index (χ2n) is 6.22. The second-order valence-corrected chi connectivity index (χ2v) is 6.22. The number of Topliss-reactive ketones (excluding diaryl/α,β-unsaturated/α-hetero) is 1. The van der Waals surface area contributed by atoms with Gasteiger partial charge in [-0.25, -0.2) is 9.97 Å². The highest BCUT2D eigenvalue weighted by molar-refractivity contribution is 6.07. The lowest BCUT2D eigenvalue weighted by atomic mass is 9.86. The molecular weight excluding hydrogens is 304 g/mol. The van der Waals surface area contributed by atoms with Gasteiger partial charge in [-0.05, 0) is 25.1 Å². The predicted octanol–water partition coefficient (Wildman–Crippen LogP) is 2.27. The summed E-state index contributed by atoms with van der Waals surface area (Å²) in [6, 6.07) is 11.1. The Balaban J connectivity index is 1.55. The van der Waals surface area contributed by atoms with Crippen molar-refractivity contribution in [2.75, 3.05) is 18.0 Å². The minimum absolute atomic E-state index is 0.0700. The molecule has 1 saturated heterocycles. The third-order valence-electron chi connectivity index (χ3n) is 4.66. The van der Waals surface area contributed by atoms with Gasteiger partial charge in [0.25, 0.3) is 0 Å². The van der Waals surface area contributed by atoms with E-state index in [0.717, 1.165) is 5.69 Å². The highest BCUT2D eigenvalue weighted by atomic mass is 16.5. The van der Waals surface area contributed by atoms with Crippen LogP contribution < -0.4 is 9.64 Å². The average molecular weight is 320 g/mol. The van der Waals surface area contributed by atoms with E-state index in [0.29, 0.717) is 48.9 Å². The Labute approximate surface area is 139 Å². The Bertz CT molecular complexity index is 864. The number of piperidine rings is 1. The van der Waals surface area contributed by atoms with E-state index in [4.69, 9.17) is 10.00 Å². The molecule has 1 aromatic carbocycles. The van der Waals surface area contributed by atoms with Crippen LogP contribution in [0.5, 0.6) is 5.75 Å². The number of ether oxygens (including phenoxy) is 1. The van der Waals surface area contributed by atoms with Crippen molar-refractivity contribution in [3.63, 3.8) is 0 Å². The fraction of sp³-hybridized carbons (Fsp3) is 0.333. The molecule has 1 aromatic heterocycles. The van der Waals surface area contributed by atoms with Crippen LogP contribution in [0.4, 0.5) is 5.95 Å². The van der Waals surface area contributed by atoms with E-state index >= 15 is 0 Å². The topological polar surface area (TPSA) is 79.1 Å². The van der Waals surface area contributed by atoms with Crippen molar-refractivity contribution in [1.29, 1.82) is 5.26 Å². The second kappa shape index (κ2) is 5.31. The van der Waals surface area contributed by atoms with Crippen LogP contribution in [0.25, 0.3) is 0 Å². The Morgan fingerprint density at radius 3 is 2.71 bits per heavy atom. The van der Waals surface area contributed by atoms with E-state index < -0.39 is 5.60 Å². The van der Waals surface area contributed by atoms with Crippen molar-refractivity contribution >= 4 is 11.7 Å². The number of carbonyl (C=O) groups is 1. The average Bonchev–Trinajstić information content (AvgIpc) is 2.87. The zero-order valence-electron chi connectivity index (χ0n) is 13.3. The first-order valence-electron chi connectivity index (χ1n) is 7.95. The van der Waals surface area contributed by atoms with Crippen LogP contribution in [0.15, 0.2) is 30.3 Å². The van der Waals surface area contributed by atoms with Gasteiger partial charge in [-0.1, -0.05) is 12.1 Å². The molecule has 0 bridgehead atoms. The molecule has 1 spiro atoms. The zero-order chi connectivity index (χ0) is 16.7. The van der Waals surface area contributed by atoms with Crippen LogP contribution in [0.1, 0.15) is 34.6 Å². The lowest BCUT2D eigenvalue weighted by Gasteiger charge is -2.37. The standard InChI is InChI=1S/C18H16N4O2/c1-12-10-13(11-19)21-17(20-12)22-8-6-18(7-9-22)16(23)14-4-2-3-5-15(14)24-18/h2-5,10H,6-9H2,1H3. The molecule has 0 unspecified atom stereocenters. The number of para-hydroxylation sites is 1. The lowest BCUT2D eigenvalue weighted by molar-refractivity contribution is 0.0453. The molecule has 2 aliphatic heterocycles. The molecule has 1 fully saturated rings. The van der Waals surface area contributed by atoms with E-state index in [2.05, 4.69) is 16.0 Å². The molecule has 0 amide bonds. The van der Waals surface area contributed by atoms with Gasteiger partial charge in [0.15, 0.2) is 5.60 Å². The van der Waals surface area contributed by atoms with Gasteiger partial charge >= 0.3 is 0 Å². The largest absolute Gasteiger partial charge is 0.478 e. The van der Waals surface area contributed by atoms with E-state index in [1.54, 1.807) is 6.07 Å². The molecule has 0 N–H and O–H groups in total. The summed E-state index contributed by atoms with van der Waals surface area (Å²) in [5.74, 6) is 1.29. The zero-order valence-corrected chi connectivity index (χ0v) is 13.3. The van der Waals surface area contributed by atoms with Crippen molar-refractivity contribution in [3.8, 4) is 11.8 Å². The normalized spacial score (nSPS) is 18.2. The number of hydrogen-bond donors (Lipinski definition) is 0. The monoisotopic (exact) mass is 320 g/mol. The van der Waals surface area contributed by atoms with Crippen LogP contribution in [-0.4, -0.2) is 34.4 Å². The lowest BCUT2D eigenvalue weighted by Crippen LogP contribution is -2.51. The number of carbonyl (C=O) groups excluding carboxylic acids is 1. The first-order valence-corrected chi connectivity index (χ1v) is 7.95. The summed E-state index contributed by atoms with van der Waals surface area (Å²) in [7, 11) is 0. The van der Waals surface area contributed by atoms with E-state index in [-0.39, 0.29) is 5.78 Å². The van der Waals surface area contributed by atoms with Crippen molar-refractivity contribution in [2.45, 2.75) is 25.4 Å². The molecule has 0 radical (unpaired) electrons. The van der Waals surface area contributed by atoms with Gasteiger partial charge in [-0.2, -0.15) is 5.26 Å². The molecule has 6 nitrogen and oxygen atoms in total. The summed E-state index contributed by atoms with van der Waals surface area (Å²) in [5, 5.41) is 9.06. The molecule has 4 rings (SSSR count). The minimum atomic E-state index is -0.762. The van der Waals surface area contributed by atoms with Gasteiger partial charge in [0, 0.05) is 31.6 Å². The Morgan fingerprint density at radius 2 is 2.00 bits per heavy atom. The third-order valence-corrected chi connectivity index (χ3v) is 4.66. The Kier molecular flexibility index (Phi) is 3.24. The highest BCUT2D eigenvalue weighted by Gasteiger charge is 2.49. The van der Waals surface area contributed by atoms with Crippen molar-refractivity contribution in [1.82, 2.24) is 9.97 Å². The van der Waals surface area contributed by atoms with E-state index in [1.165, 1.54) is 0 Å². The van der Waals surface area contributed by atoms with Gasteiger partial charge in [0.1, 0.15) is 17.5 Å². The number of benzene rings is 1. The SMILES string of the molecule is Cc1cc(C#N)nc(N2CCC3(CC2)Oc2ccccc2C3=O)n1. The smallest absolute Gasteiger partial charge is 0.226 e. The maximum Gasteiger partial charge on any atom is 0.226 e. The molecule has 0 atom stereocenters. The number of nitrogens with zero attached hydrogens (tertiary/aromatic N) is 4. The number of hydrogen-bond acceptors (Lipinski definition) is 6. The maximum absolute atomic E-state index is 12.8. The number of aryl methyl sites for hydroxylation is 1. The molecule has 3 heterocycles. The van der Waals surface area contributed by atoms with Gasteiger partial charge in [0.05, 0.1) is 5.56 Å². The summed E-state index contributed by atoms with van der Waals surface area (Å²) in [5.41, 5.74) is 1.03. The summed E-state index contributed by atoms with van der Waals surface area (Å²) in [6.45, 7) is 3.08. The Hall–Kier alpha value is -2.94. The number of nitriles is 1. The molecule has 0 saturated carbocycles. The predicted molar refractivity (Wildman–Crippen MR) is 87.1 cm³/mol. The number of anilines is 1. The number of rotatable bonds is 1. The van der Waals surface area contributed by atoms with Crippen LogP contribution in [0.2, 0.25) is 0 Å². The van der Waals surface area contributed by atoms with Gasteiger partial charge < -0.3 is 9.64 Å². The highest BCUT2D eigenvalue weighted by Crippen LogP contribution is 2.41. The van der Waals surface area contributed by atoms with E-state index in [9.17, 15) is 4.79 Å². The van der Waals surface area contributed by atoms with Crippen LogP contribution >= 0.6 is 0 Å². The summed E-state index contributed by atoms with van der Waals surface area (Å²) in [6.07, 6.45) is 1.17.